The summed E-state index contributed by atoms with van der Waals surface area (Å²) >= 11 is 0. The van der Waals surface area contributed by atoms with Crippen LogP contribution in [0, 0.1) is 5.82 Å². The molecule has 9 nitrogen and oxygen atoms in total. The van der Waals surface area contributed by atoms with Gasteiger partial charge in [0.05, 0.1) is 11.9 Å². The molecule has 13 heteroatoms. The molecule has 0 fully saturated rings. The average molecular weight is 439 g/mol. The number of aliphatic hydroxyl groups excluding tert-OH is 1. The number of halogens is 4. The van der Waals surface area contributed by atoms with E-state index in [0.29, 0.717) is 12.3 Å². The second-order valence-corrected chi connectivity index (χ2v) is 6.28. The van der Waals surface area contributed by atoms with Crippen LogP contribution in [0.15, 0.2) is 53.9 Å². The molecule has 3 rings (SSSR count). The number of aromatic nitrogens is 1. The molecule has 0 spiro atoms. The lowest BCUT2D eigenvalue weighted by Gasteiger charge is -2.42. The first-order valence-electron chi connectivity index (χ1n) is 8.38. The number of carbonyl (C=O) groups excluding carboxylic acids is 3. The van der Waals surface area contributed by atoms with E-state index >= 15 is 0 Å². The van der Waals surface area contributed by atoms with Crippen LogP contribution in [0.4, 0.5) is 28.0 Å². The SMILES string of the molecule is NC(=O)C1=C(O)C(c2ccc(F)cc2)N(c2ccc(C(F)(F)F)nc2)N(C(N)=O)C1=O. The maximum atomic E-state index is 13.4. The van der Waals surface area contributed by atoms with Crippen molar-refractivity contribution in [2.45, 2.75) is 12.2 Å². The molecule has 162 valence electrons. The monoisotopic (exact) mass is 439 g/mol. The first-order valence-corrected chi connectivity index (χ1v) is 8.38. The van der Waals surface area contributed by atoms with Crippen molar-refractivity contribution in [3.05, 3.63) is 71.0 Å². The summed E-state index contributed by atoms with van der Waals surface area (Å²) in [7, 11) is 0. The van der Waals surface area contributed by atoms with Gasteiger partial charge < -0.3 is 16.6 Å². The fraction of sp³-hybridized carbons (Fsp3) is 0.111. The van der Waals surface area contributed by atoms with Gasteiger partial charge in [0, 0.05) is 0 Å². The number of nitrogens with two attached hydrogens (primary N) is 2. The van der Waals surface area contributed by atoms with Gasteiger partial charge in [-0.2, -0.15) is 18.2 Å². The Bertz CT molecular complexity index is 1080. The normalized spacial score (nSPS) is 17.2. The topological polar surface area (TPSA) is 143 Å². The Kier molecular flexibility index (Phi) is 5.27. The molecule has 1 aromatic carbocycles. The van der Waals surface area contributed by atoms with E-state index in [0.717, 1.165) is 35.3 Å². The van der Waals surface area contributed by atoms with Crippen LogP contribution in [0.1, 0.15) is 17.3 Å². The number of hydrazine groups is 1. The van der Waals surface area contributed by atoms with Crippen molar-refractivity contribution >= 4 is 23.5 Å². The number of benzene rings is 1. The molecule has 2 heterocycles. The number of anilines is 1. The number of nitrogens with zero attached hydrogens (tertiary/aromatic N) is 3. The molecule has 0 radical (unpaired) electrons. The summed E-state index contributed by atoms with van der Waals surface area (Å²) in [5, 5.41) is 11.6. The molecule has 31 heavy (non-hydrogen) atoms. The summed E-state index contributed by atoms with van der Waals surface area (Å²) in [6.45, 7) is 0. The van der Waals surface area contributed by atoms with Gasteiger partial charge in [-0.15, -0.1) is 0 Å². The standard InChI is InChI=1S/C18H13F4N5O4/c19-9-3-1-8(2-4-9)13-14(28)12(15(23)29)16(30)27(17(24)31)26(13)10-5-6-11(25-7-10)18(20,21)22/h1-7,13,28H,(H2,23,29)(H2,24,31). The molecule has 5 N–H and O–H groups in total. The number of urea groups is 1. The van der Waals surface area contributed by atoms with Crippen LogP contribution in [0.3, 0.4) is 0 Å². The van der Waals surface area contributed by atoms with E-state index in [1.165, 1.54) is 0 Å². The number of pyridine rings is 1. The zero-order valence-corrected chi connectivity index (χ0v) is 15.3. The van der Waals surface area contributed by atoms with Crippen molar-refractivity contribution in [1.29, 1.82) is 0 Å². The summed E-state index contributed by atoms with van der Waals surface area (Å²) in [4.78, 5) is 39.7. The van der Waals surface area contributed by atoms with Crippen LogP contribution >= 0.6 is 0 Å². The summed E-state index contributed by atoms with van der Waals surface area (Å²) in [6, 6.07) is 2.77. The highest BCUT2D eigenvalue weighted by Gasteiger charge is 2.46. The minimum Gasteiger partial charge on any atom is -0.509 e. The lowest BCUT2D eigenvalue weighted by Crippen LogP contribution is -2.59. The molecule has 1 aliphatic heterocycles. The molecular weight excluding hydrogens is 426 g/mol. The maximum Gasteiger partial charge on any atom is 0.433 e. The van der Waals surface area contributed by atoms with Crippen LogP contribution < -0.4 is 16.5 Å². The first-order chi connectivity index (χ1) is 14.4. The van der Waals surface area contributed by atoms with Gasteiger partial charge in [0.2, 0.25) is 0 Å². The maximum absolute atomic E-state index is 13.4. The van der Waals surface area contributed by atoms with E-state index in [1.807, 2.05) is 0 Å². The molecule has 2 aromatic rings. The van der Waals surface area contributed by atoms with Gasteiger partial charge in [-0.05, 0) is 29.8 Å². The van der Waals surface area contributed by atoms with E-state index in [1.54, 1.807) is 0 Å². The molecule has 0 aliphatic carbocycles. The number of imide groups is 1. The predicted octanol–water partition coefficient (Wildman–Crippen LogP) is 1.92. The van der Waals surface area contributed by atoms with Crippen molar-refractivity contribution in [2.75, 3.05) is 5.01 Å². The van der Waals surface area contributed by atoms with E-state index in [4.69, 9.17) is 11.5 Å². The van der Waals surface area contributed by atoms with Crippen LogP contribution in [-0.2, 0) is 15.8 Å². The van der Waals surface area contributed by atoms with Crippen molar-refractivity contribution in [1.82, 2.24) is 9.99 Å². The fourth-order valence-electron chi connectivity index (χ4n) is 3.02. The number of hydrogen-bond acceptors (Lipinski definition) is 6. The molecule has 0 bridgehead atoms. The highest BCUT2D eigenvalue weighted by atomic mass is 19.4. The molecule has 0 saturated heterocycles. The Morgan fingerprint density at radius 1 is 1.06 bits per heavy atom. The van der Waals surface area contributed by atoms with Crippen molar-refractivity contribution in [3.8, 4) is 0 Å². The highest BCUT2D eigenvalue weighted by molar-refractivity contribution is 6.22. The number of carbonyl (C=O) groups is 3. The molecule has 1 aliphatic rings. The Balaban J connectivity index is 2.27. The molecule has 1 aromatic heterocycles. The van der Waals surface area contributed by atoms with Crippen LogP contribution in [0.5, 0.6) is 0 Å². The summed E-state index contributed by atoms with van der Waals surface area (Å²) in [5.41, 5.74) is 7.97. The van der Waals surface area contributed by atoms with Gasteiger partial charge in [-0.3, -0.25) is 14.6 Å². The number of alkyl halides is 3. The van der Waals surface area contributed by atoms with Gasteiger partial charge in [-0.1, -0.05) is 12.1 Å². The number of amides is 4. The van der Waals surface area contributed by atoms with Crippen LogP contribution in [0.25, 0.3) is 0 Å². The van der Waals surface area contributed by atoms with Gasteiger partial charge in [0.1, 0.15) is 28.9 Å². The van der Waals surface area contributed by atoms with E-state index in [2.05, 4.69) is 4.98 Å². The average Bonchev–Trinajstić information content (AvgIpc) is 2.67. The third-order valence-electron chi connectivity index (χ3n) is 4.33. The van der Waals surface area contributed by atoms with E-state index < -0.39 is 52.9 Å². The molecule has 4 amide bonds. The Morgan fingerprint density at radius 3 is 2.13 bits per heavy atom. The molecule has 1 atom stereocenters. The second kappa shape index (κ2) is 7.59. The minimum absolute atomic E-state index is 0.0521. The lowest BCUT2D eigenvalue weighted by molar-refractivity contribution is -0.141. The van der Waals surface area contributed by atoms with Gasteiger partial charge in [-0.25, -0.2) is 14.2 Å². The molecule has 0 saturated carbocycles. The Labute approximate surface area is 171 Å². The number of rotatable bonds is 3. The van der Waals surface area contributed by atoms with E-state index in [9.17, 15) is 37.1 Å². The van der Waals surface area contributed by atoms with Crippen LogP contribution in [0.2, 0.25) is 0 Å². The summed E-state index contributed by atoms with van der Waals surface area (Å²) in [5.74, 6) is -4.37. The van der Waals surface area contributed by atoms with Gasteiger partial charge in [0.15, 0.2) is 0 Å². The number of hydrogen-bond donors (Lipinski definition) is 3. The Morgan fingerprint density at radius 2 is 1.68 bits per heavy atom. The molecular formula is C18H13F4N5O4. The largest absolute Gasteiger partial charge is 0.509 e. The van der Waals surface area contributed by atoms with Crippen molar-refractivity contribution in [2.24, 2.45) is 11.5 Å². The Hall–Kier alpha value is -4.16. The highest BCUT2D eigenvalue weighted by Crippen LogP contribution is 2.39. The molecule has 1 unspecified atom stereocenters. The van der Waals surface area contributed by atoms with Gasteiger partial charge >= 0.3 is 12.2 Å². The van der Waals surface area contributed by atoms with Gasteiger partial charge in [0.25, 0.3) is 11.8 Å². The van der Waals surface area contributed by atoms with Crippen molar-refractivity contribution < 1.29 is 37.1 Å². The second-order valence-electron chi connectivity index (χ2n) is 6.28. The third kappa shape index (κ3) is 3.84. The smallest absolute Gasteiger partial charge is 0.433 e. The quantitative estimate of drug-likeness (QED) is 0.493. The zero-order chi connectivity index (χ0) is 23.1. The first kappa shape index (κ1) is 21.5. The van der Waals surface area contributed by atoms with Crippen molar-refractivity contribution in [3.63, 3.8) is 0 Å². The minimum atomic E-state index is -4.77. The zero-order valence-electron chi connectivity index (χ0n) is 15.3. The lowest BCUT2D eigenvalue weighted by atomic mass is 9.97. The van der Waals surface area contributed by atoms with E-state index in [-0.39, 0.29) is 16.3 Å². The number of primary amides is 2. The predicted molar refractivity (Wildman–Crippen MR) is 96.1 cm³/mol. The number of aliphatic hydroxyl groups is 1. The third-order valence-corrected chi connectivity index (χ3v) is 4.33. The fourth-order valence-corrected chi connectivity index (χ4v) is 3.02. The summed E-state index contributed by atoms with van der Waals surface area (Å²) < 4.78 is 52.0. The summed E-state index contributed by atoms with van der Waals surface area (Å²) in [6.07, 6.45) is -4.08. The van der Waals surface area contributed by atoms with Crippen LogP contribution in [-0.4, -0.2) is 32.9 Å².